The highest BCUT2D eigenvalue weighted by Gasteiger charge is 2.22. The van der Waals surface area contributed by atoms with Crippen LogP contribution in [0.2, 0.25) is 0 Å². The van der Waals surface area contributed by atoms with Crippen LogP contribution in [0, 0.1) is 0 Å². The molecule has 0 bridgehead atoms. The average molecular weight is 797 g/mol. The zero-order valence-electron chi connectivity index (χ0n) is 32.6. The van der Waals surface area contributed by atoms with Crippen LogP contribution >= 0.6 is 11.3 Å². The van der Waals surface area contributed by atoms with E-state index < -0.39 is 0 Å². The molecule has 0 aliphatic heterocycles. The van der Waals surface area contributed by atoms with Gasteiger partial charge in [0, 0.05) is 64.1 Å². The van der Waals surface area contributed by atoms with E-state index in [1.807, 2.05) is 30.3 Å². The standard InChI is InChI=1S/C55H32N4OS/c1-2-13-33(14-3-1)53-56-54(36-25-28-51-45(30-36)39-18-8-11-24-50(39)61-51)58-55(57-53)41-27-26-37(32-43(41)40-20-12-23-49-52(40)42-19-7-10-22-48(42)60-49)59-46-21-9-6-17-38(46)44-29-34-15-4-5-16-35(34)31-47(44)59/h1-32H. The largest absolute Gasteiger partial charge is 0.456 e. The molecule has 13 rings (SSSR count). The van der Waals surface area contributed by atoms with Gasteiger partial charge in [0.2, 0.25) is 0 Å². The zero-order valence-corrected chi connectivity index (χ0v) is 33.4. The van der Waals surface area contributed by atoms with Gasteiger partial charge in [-0.05, 0) is 94.7 Å². The van der Waals surface area contributed by atoms with E-state index in [9.17, 15) is 0 Å². The van der Waals surface area contributed by atoms with Gasteiger partial charge >= 0.3 is 0 Å². The summed E-state index contributed by atoms with van der Waals surface area (Å²) in [6.07, 6.45) is 0. The summed E-state index contributed by atoms with van der Waals surface area (Å²) in [5.74, 6) is 1.84. The second-order valence-electron chi connectivity index (χ2n) is 15.6. The van der Waals surface area contributed by atoms with Crippen molar-refractivity contribution in [3.8, 4) is 51.0 Å². The van der Waals surface area contributed by atoms with Crippen LogP contribution in [0.3, 0.4) is 0 Å². The Balaban J connectivity index is 1.10. The van der Waals surface area contributed by atoms with Crippen molar-refractivity contribution in [2.24, 2.45) is 0 Å². The Morgan fingerprint density at radius 1 is 0.377 bits per heavy atom. The van der Waals surface area contributed by atoms with Crippen molar-refractivity contribution in [2.75, 3.05) is 0 Å². The van der Waals surface area contributed by atoms with Gasteiger partial charge in [0.25, 0.3) is 0 Å². The fourth-order valence-electron chi connectivity index (χ4n) is 9.23. The van der Waals surface area contributed by atoms with Crippen LogP contribution in [0.25, 0.3) is 126 Å². The van der Waals surface area contributed by atoms with E-state index >= 15 is 0 Å². The summed E-state index contributed by atoms with van der Waals surface area (Å²) in [6, 6.07) is 68.6. The number of nitrogens with zero attached hydrogens (tertiary/aromatic N) is 4. The number of rotatable bonds is 5. The molecule has 6 heteroatoms. The second kappa shape index (κ2) is 13.3. The molecule has 0 aliphatic carbocycles. The van der Waals surface area contributed by atoms with E-state index in [0.29, 0.717) is 17.5 Å². The lowest BCUT2D eigenvalue weighted by molar-refractivity contribution is 0.669. The third-order valence-corrected chi connectivity index (χ3v) is 13.2. The highest BCUT2D eigenvalue weighted by molar-refractivity contribution is 7.25. The molecule has 0 atom stereocenters. The Labute approximate surface area is 353 Å². The summed E-state index contributed by atoms with van der Waals surface area (Å²) in [4.78, 5) is 15.8. The van der Waals surface area contributed by atoms with Crippen LogP contribution in [0.4, 0.5) is 0 Å². The number of hydrogen-bond donors (Lipinski definition) is 0. The fraction of sp³-hybridized carbons (Fsp3) is 0. The first-order chi connectivity index (χ1) is 30.2. The Morgan fingerprint density at radius 2 is 1.07 bits per heavy atom. The maximum Gasteiger partial charge on any atom is 0.164 e. The van der Waals surface area contributed by atoms with Crippen molar-refractivity contribution in [1.82, 2.24) is 19.5 Å². The number of hydrogen-bond acceptors (Lipinski definition) is 5. The van der Waals surface area contributed by atoms with Gasteiger partial charge in [-0.15, -0.1) is 11.3 Å². The maximum absolute atomic E-state index is 6.49. The highest BCUT2D eigenvalue weighted by atomic mass is 32.1. The summed E-state index contributed by atoms with van der Waals surface area (Å²) in [7, 11) is 0. The Morgan fingerprint density at radius 3 is 1.95 bits per heavy atom. The molecule has 4 aromatic heterocycles. The van der Waals surface area contributed by atoms with Crippen LogP contribution in [0.15, 0.2) is 199 Å². The topological polar surface area (TPSA) is 56.7 Å². The zero-order chi connectivity index (χ0) is 40.0. The van der Waals surface area contributed by atoms with Gasteiger partial charge in [0.15, 0.2) is 17.5 Å². The lowest BCUT2D eigenvalue weighted by atomic mass is 9.94. The highest BCUT2D eigenvalue weighted by Crippen LogP contribution is 2.43. The van der Waals surface area contributed by atoms with Crippen molar-refractivity contribution in [3.05, 3.63) is 194 Å². The van der Waals surface area contributed by atoms with E-state index in [0.717, 1.165) is 66.5 Å². The molecule has 0 fully saturated rings. The van der Waals surface area contributed by atoms with E-state index in [1.165, 1.54) is 41.7 Å². The van der Waals surface area contributed by atoms with Gasteiger partial charge in [-0.1, -0.05) is 121 Å². The molecule has 0 N–H and O–H groups in total. The first-order valence-corrected chi connectivity index (χ1v) is 21.2. The lowest BCUT2D eigenvalue weighted by Crippen LogP contribution is -2.02. The van der Waals surface area contributed by atoms with Crippen molar-refractivity contribution in [1.29, 1.82) is 0 Å². The minimum absolute atomic E-state index is 0.596. The van der Waals surface area contributed by atoms with Gasteiger partial charge in [-0.25, -0.2) is 15.0 Å². The van der Waals surface area contributed by atoms with Crippen LogP contribution in [-0.2, 0) is 0 Å². The second-order valence-corrected chi connectivity index (χ2v) is 16.6. The average Bonchev–Trinajstić information content (AvgIpc) is 4.00. The number of fused-ring (bicyclic) bond motifs is 10. The van der Waals surface area contributed by atoms with Crippen molar-refractivity contribution >= 4 is 86.0 Å². The summed E-state index contributed by atoms with van der Waals surface area (Å²) >= 11 is 1.81. The molecule has 13 aromatic rings. The lowest BCUT2D eigenvalue weighted by Gasteiger charge is -2.16. The van der Waals surface area contributed by atoms with Gasteiger partial charge in [0.05, 0.1) is 11.0 Å². The van der Waals surface area contributed by atoms with Gasteiger partial charge < -0.3 is 8.98 Å². The van der Waals surface area contributed by atoms with Crippen LogP contribution in [0.1, 0.15) is 0 Å². The smallest absolute Gasteiger partial charge is 0.164 e. The maximum atomic E-state index is 6.49. The third kappa shape index (κ3) is 5.36. The SMILES string of the molecule is c1ccc(-c2nc(-c3ccc4sc5ccccc5c4c3)nc(-c3ccc(-n4c5ccccc5c5cc6ccccc6cc54)cc3-c3cccc4oc5ccccc5c34)n2)cc1. The Bertz CT molecular complexity index is 3900. The third-order valence-electron chi connectivity index (χ3n) is 12.0. The predicted octanol–water partition coefficient (Wildman–Crippen LogP) is 15.1. The molecule has 0 saturated heterocycles. The number of aromatic nitrogens is 4. The molecular weight excluding hydrogens is 765 g/mol. The number of para-hydroxylation sites is 2. The van der Waals surface area contributed by atoms with E-state index in [4.69, 9.17) is 19.4 Å². The monoisotopic (exact) mass is 796 g/mol. The first kappa shape index (κ1) is 34.0. The quantitative estimate of drug-likeness (QED) is 0.174. The molecule has 0 amide bonds. The molecule has 5 nitrogen and oxygen atoms in total. The fourth-order valence-corrected chi connectivity index (χ4v) is 10.3. The molecule has 0 aliphatic rings. The molecule has 0 unspecified atom stereocenters. The molecule has 284 valence electrons. The van der Waals surface area contributed by atoms with Crippen LogP contribution < -0.4 is 0 Å². The van der Waals surface area contributed by atoms with E-state index in [1.54, 1.807) is 11.3 Å². The van der Waals surface area contributed by atoms with Gasteiger partial charge in [-0.2, -0.15) is 0 Å². The van der Waals surface area contributed by atoms with Crippen molar-refractivity contribution in [2.45, 2.75) is 0 Å². The summed E-state index contributed by atoms with van der Waals surface area (Å²) < 4.78 is 11.4. The van der Waals surface area contributed by atoms with Crippen molar-refractivity contribution < 1.29 is 4.42 Å². The van der Waals surface area contributed by atoms with Crippen LogP contribution in [0.5, 0.6) is 0 Å². The molecule has 0 spiro atoms. The van der Waals surface area contributed by atoms with E-state index in [-0.39, 0.29) is 0 Å². The number of benzene rings is 9. The minimum Gasteiger partial charge on any atom is -0.456 e. The summed E-state index contributed by atoms with van der Waals surface area (Å²) in [6.45, 7) is 0. The normalized spacial score (nSPS) is 11.9. The number of furan rings is 1. The van der Waals surface area contributed by atoms with Gasteiger partial charge in [-0.3, -0.25) is 0 Å². The molecule has 0 saturated carbocycles. The molecular formula is C55H32N4OS. The van der Waals surface area contributed by atoms with Crippen molar-refractivity contribution in [3.63, 3.8) is 0 Å². The van der Waals surface area contributed by atoms with Gasteiger partial charge in [0.1, 0.15) is 11.2 Å². The summed E-state index contributed by atoms with van der Waals surface area (Å²) in [5.41, 5.74) is 9.81. The molecule has 9 aromatic carbocycles. The molecule has 61 heavy (non-hydrogen) atoms. The Hall–Kier alpha value is -7.93. The van der Waals surface area contributed by atoms with Crippen LogP contribution in [-0.4, -0.2) is 19.5 Å². The summed E-state index contributed by atoms with van der Waals surface area (Å²) in [5, 5.41) is 9.39. The molecule has 4 heterocycles. The molecule has 0 radical (unpaired) electrons. The number of thiophene rings is 1. The van der Waals surface area contributed by atoms with E-state index in [2.05, 4.69) is 168 Å². The first-order valence-electron chi connectivity index (χ1n) is 20.4. The Kier molecular flexibility index (Phi) is 7.41. The minimum atomic E-state index is 0.596. The predicted molar refractivity (Wildman–Crippen MR) is 254 cm³/mol.